The molecule has 1 heterocycles. The zero-order valence-electron chi connectivity index (χ0n) is 14.4. The largest absolute Gasteiger partial charge is 0.362 e. The predicted molar refractivity (Wildman–Crippen MR) is 110 cm³/mol. The number of halogens is 1. The van der Waals surface area contributed by atoms with Gasteiger partial charge in [-0.2, -0.15) is 0 Å². The van der Waals surface area contributed by atoms with Gasteiger partial charge in [0.1, 0.15) is 5.82 Å². The van der Waals surface area contributed by atoms with E-state index in [1.165, 1.54) is 30.0 Å². The topological polar surface area (TPSA) is 68.1 Å². The van der Waals surface area contributed by atoms with Crippen LogP contribution < -0.4 is 5.32 Å². The van der Waals surface area contributed by atoms with Crippen molar-refractivity contribution in [3.63, 3.8) is 0 Å². The van der Waals surface area contributed by atoms with Gasteiger partial charge in [0.25, 0.3) is 0 Å². The van der Waals surface area contributed by atoms with E-state index in [-0.39, 0.29) is 72.5 Å². The summed E-state index contributed by atoms with van der Waals surface area (Å²) in [5.41, 5.74) is 1.19. The first-order chi connectivity index (χ1) is 10.8. The second-order valence-corrected chi connectivity index (χ2v) is 5.63. The van der Waals surface area contributed by atoms with E-state index in [0.29, 0.717) is 11.7 Å². The first-order valence-corrected chi connectivity index (χ1v) is 7.42. The molecular formula is C20H34FN3O2Y. The van der Waals surface area contributed by atoms with Gasteiger partial charge in [0, 0.05) is 51.0 Å². The van der Waals surface area contributed by atoms with Gasteiger partial charge in [0.15, 0.2) is 0 Å². The summed E-state index contributed by atoms with van der Waals surface area (Å²) >= 11 is 0. The quantitative estimate of drug-likeness (QED) is 0.412. The maximum absolute atomic E-state index is 12.4. The van der Waals surface area contributed by atoms with E-state index in [1.54, 1.807) is 6.07 Å². The number of aromatic nitrogens is 1. The van der Waals surface area contributed by atoms with E-state index in [9.17, 15) is 14.5 Å². The molecule has 1 aromatic carbocycles. The molecule has 2 aromatic rings. The summed E-state index contributed by atoms with van der Waals surface area (Å²) in [4.78, 5) is 14.0. The van der Waals surface area contributed by atoms with E-state index >= 15 is 0 Å². The van der Waals surface area contributed by atoms with Crippen LogP contribution in [0.1, 0.15) is 61.5 Å². The van der Waals surface area contributed by atoms with Crippen molar-refractivity contribution in [2.24, 2.45) is 0 Å². The Labute approximate surface area is 189 Å². The van der Waals surface area contributed by atoms with Gasteiger partial charge < -0.3 is 5.32 Å². The van der Waals surface area contributed by atoms with Crippen molar-refractivity contribution in [1.82, 2.24) is 4.98 Å². The summed E-state index contributed by atoms with van der Waals surface area (Å²) in [5, 5.41) is 13.4. The zero-order valence-corrected chi connectivity index (χ0v) is 17.2. The minimum Gasteiger partial charge on any atom is -0.362 e. The normalized spacial score (nSPS) is 8.70. The molecule has 2 rings (SSSR count). The van der Waals surface area contributed by atoms with Crippen molar-refractivity contribution in [1.29, 1.82) is 0 Å². The molecule has 0 saturated carbocycles. The van der Waals surface area contributed by atoms with Gasteiger partial charge in [-0.05, 0) is 43.5 Å². The molecule has 0 aliphatic heterocycles. The fourth-order valence-corrected chi connectivity index (χ4v) is 1.78. The van der Waals surface area contributed by atoms with Gasteiger partial charge in [0.05, 0.1) is 4.92 Å². The van der Waals surface area contributed by atoms with Crippen LogP contribution in [0.2, 0.25) is 0 Å². The van der Waals surface area contributed by atoms with Crippen molar-refractivity contribution in [3.05, 3.63) is 64.1 Å². The summed E-state index contributed by atoms with van der Waals surface area (Å²) < 4.78 is 12.4. The summed E-state index contributed by atoms with van der Waals surface area (Å²) in [7, 11) is 0. The number of rotatable bonds is 4. The molecule has 0 amide bonds. The van der Waals surface area contributed by atoms with Gasteiger partial charge in [-0.15, -0.1) is 0 Å². The first kappa shape index (κ1) is 33.2. The number of nitrogens with one attached hydrogen (secondary N) is 1. The average Bonchev–Trinajstić information content (AvgIpc) is 2.48. The summed E-state index contributed by atoms with van der Waals surface area (Å²) in [6, 6.07) is 9.74. The van der Waals surface area contributed by atoms with Crippen LogP contribution in [-0.2, 0) is 32.7 Å². The molecule has 0 spiro atoms. The van der Waals surface area contributed by atoms with Crippen LogP contribution in [0.15, 0.2) is 42.6 Å². The molecule has 0 atom stereocenters. The SMILES string of the molecule is C.C.C.CC(C)Nc1ncccc1[N+](=O)[O-].CC(C)c1ccc(F)cc1.[Y]. The van der Waals surface area contributed by atoms with Gasteiger partial charge in [-0.1, -0.05) is 48.3 Å². The van der Waals surface area contributed by atoms with Gasteiger partial charge >= 0.3 is 5.69 Å². The third-order valence-corrected chi connectivity index (χ3v) is 2.95. The molecule has 27 heavy (non-hydrogen) atoms. The van der Waals surface area contributed by atoms with Crippen LogP contribution in [0, 0.1) is 15.9 Å². The molecule has 1 N–H and O–H groups in total. The number of anilines is 1. The Hall–Kier alpha value is -1.40. The predicted octanol–water partition coefficient (Wildman–Crippen LogP) is 6.67. The molecule has 151 valence electrons. The minimum absolute atomic E-state index is 0. The molecule has 0 fully saturated rings. The second kappa shape index (κ2) is 16.8. The number of hydrogen-bond acceptors (Lipinski definition) is 4. The number of pyridine rings is 1. The maximum Gasteiger partial charge on any atom is 0.311 e. The third kappa shape index (κ3) is 12.6. The summed E-state index contributed by atoms with van der Waals surface area (Å²) in [6.07, 6.45) is 1.53. The molecule has 7 heteroatoms. The molecule has 0 bridgehead atoms. The number of hydrogen-bond donors (Lipinski definition) is 1. The minimum atomic E-state index is -0.447. The van der Waals surface area contributed by atoms with Crippen molar-refractivity contribution in [2.45, 2.75) is 61.9 Å². The maximum atomic E-state index is 12.4. The Morgan fingerprint density at radius 1 is 1.04 bits per heavy atom. The Balaban J connectivity index is -0.000000174. The molecule has 0 saturated heterocycles. The van der Waals surface area contributed by atoms with Gasteiger partial charge in [-0.25, -0.2) is 9.37 Å². The smallest absolute Gasteiger partial charge is 0.311 e. The molecule has 0 aliphatic carbocycles. The molecule has 1 aromatic heterocycles. The van der Waals surface area contributed by atoms with E-state index < -0.39 is 4.92 Å². The Morgan fingerprint density at radius 2 is 1.56 bits per heavy atom. The zero-order chi connectivity index (χ0) is 17.4. The molecule has 5 nitrogen and oxygen atoms in total. The van der Waals surface area contributed by atoms with E-state index in [4.69, 9.17) is 0 Å². The number of nitro groups is 1. The average molecular weight is 456 g/mol. The molecular weight excluding hydrogens is 422 g/mol. The fraction of sp³-hybridized carbons (Fsp3) is 0.450. The fourth-order valence-electron chi connectivity index (χ4n) is 1.78. The Bertz CT molecular complexity index is 635. The van der Waals surface area contributed by atoms with Gasteiger partial charge in [-0.3, -0.25) is 10.1 Å². The van der Waals surface area contributed by atoms with Crippen LogP contribution in [0.4, 0.5) is 15.9 Å². The molecule has 0 unspecified atom stereocenters. The van der Waals surface area contributed by atoms with Crippen molar-refractivity contribution >= 4 is 11.5 Å². The van der Waals surface area contributed by atoms with E-state index in [1.807, 2.05) is 26.0 Å². The van der Waals surface area contributed by atoms with Crippen molar-refractivity contribution < 1.29 is 42.0 Å². The van der Waals surface area contributed by atoms with E-state index in [0.717, 1.165) is 0 Å². The Morgan fingerprint density at radius 3 is 1.96 bits per heavy atom. The monoisotopic (exact) mass is 456 g/mol. The van der Waals surface area contributed by atoms with E-state index in [2.05, 4.69) is 24.1 Å². The van der Waals surface area contributed by atoms with Crippen molar-refractivity contribution in [3.8, 4) is 0 Å². The summed E-state index contributed by atoms with van der Waals surface area (Å²) in [5.74, 6) is 0.646. The third-order valence-electron chi connectivity index (χ3n) is 2.95. The van der Waals surface area contributed by atoms with Crippen LogP contribution in [0.5, 0.6) is 0 Å². The van der Waals surface area contributed by atoms with Gasteiger partial charge in [0.2, 0.25) is 5.82 Å². The molecule has 1 radical (unpaired) electrons. The van der Waals surface area contributed by atoms with Crippen LogP contribution >= 0.6 is 0 Å². The summed E-state index contributed by atoms with van der Waals surface area (Å²) in [6.45, 7) is 7.98. The molecule has 0 aliphatic rings. The Kier molecular flexibility index (Phi) is 20.6. The number of benzene rings is 1. The first-order valence-electron chi connectivity index (χ1n) is 7.42. The van der Waals surface area contributed by atoms with Crippen molar-refractivity contribution in [2.75, 3.05) is 5.32 Å². The second-order valence-electron chi connectivity index (χ2n) is 5.63. The van der Waals surface area contributed by atoms with Crippen LogP contribution in [0.3, 0.4) is 0 Å². The van der Waals surface area contributed by atoms with Crippen LogP contribution in [0.25, 0.3) is 0 Å². The standard InChI is InChI=1S/C9H11F.C8H11N3O2.3CH4.Y/c1-7(2)8-3-5-9(10)6-4-8;1-6(2)10-8-7(11(12)13)4-3-5-9-8;;;;/h3-7H,1-2H3;3-6H,1-2H3,(H,9,10);3*1H4;. The van der Waals surface area contributed by atoms with Crippen LogP contribution in [-0.4, -0.2) is 15.9 Å². The number of nitrogens with zero attached hydrogens (tertiary/aromatic N) is 2.